The fraction of sp³-hybridized carbons (Fsp3) is 0.450. The van der Waals surface area contributed by atoms with Gasteiger partial charge in [0.05, 0.1) is 23.9 Å². The van der Waals surface area contributed by atoms with Crippen LogP contribution in [0.5, 0.6) is 0 Å². The molecule has 0 unspecified atom stereocenters. The molecule has 9 heteroatoms. The van der Waals surface area contributed by atoms with Crippen LogP contribution in [-0.2, 0) is 15.9 Å². The monoisotopic (exact) mass is 523 g/mol. The summed E-state index contributed by atoms with van der Waals surface area (Å²) >= 11 is 7.31. The van der Waals surface area contributed by atoms with Gasteiger partial charge in [-0.1, -0.05) is 21.1 Å². The Kier molecular flexibility index (Phi) is 6.19. The Hall–Kier alpha value is -1.55. The Morgan fingerprint density at radius 2 is 2.00 bits per heavy atom. The minimum absolute atomic E-state index is 0.0492. The lowest BCUT2D eigenvalue weighted by Crippen LogP contribution is -2.19. The Bertz CT molecular complexity index is 1040. The predicted octanol–water partition coefficient (Wildman–Crippen LogP) is 4.58. The number of rotatable bonds is 7. The average Bonchev–Trinajstić information content (AvgIpc) is 3.29. The van der Waals surface area contributed by atoms with E-state index in [1.165, 1.54) is 5.56 Å². The van der Waals surface area contributed by atoms with Crippen LogP contribution in [0.25, 0.3) is 11.0 Å². The van der Waals surface area contributed by atoms with E-state index >= 15 is 0 Å². The molecule has 0 radical (unpaired) electrons. The van der Waals surface area contributed by atoms with E-state index in [-0.39, 0.29) is 6.04 Å². The number of nitrogens with zero attached hydrogens (tertiary/aromatic N) is 5. The van der Waals surface area contributed by atoms with E-state index in [2.05, 4.69) is 59.2 Å². The van der Waals surface area contributed by atoms with Gasteiger partial charge in [-0.2, -0.15) is 0 Å². The molecule has 2 aromatic heterocycles. The number of fused-ring (bicyclic) bond motifs is 2. The van der Waals surface area contributed by atoms with E-state index in [1.807, 2.05) is 17.7 Å². The van der Waals surface area contributed by atoms with Crippen molar-refractivity contribution in [2.24, 2.45) is 0 Å². The maximum Gasteiger partial charge on any atom is 0.163 e. The van der Waals surface area contributed by atoms with Crippen molar-refractivity contribution in [1.82, 2.24) is 20.0 Å². The van der Waals surface area contributed by atoms with E-state index in [0.717, 1.165) is 56.6 Å². The van der Waals surface area contributed by atoms with Crippen LogP contribution in [0.4, 0.5) is 11.5 Å². The first-order valence-electron chi connectivity index (χ1n) is 9.49. The summed E-state index contributed by atoms with van der Waals surface area (Å²) in [4.78, 5) is 7.08. The summed E-state index contributed by atoms with van der Waals surface area (Å²) in [6.07, 6.45) is 1.75. The van der Waals surface area contributed by atoms with Gasteiger partial charge in [0, 0.05) is 42.0 Å². The van der Waals surface area contributed by atoms with Crippen LogP contribution >= 0.6 is 31.9 Å². The van der Waals surface area contributed by atoms with Gasteiger partial charge in [0.2, 0.25) is 0 Å². The zero-order valence-corrected chi connectivity index (χ0v) is 19.8. The van der Waals surface area contributed by atoms with Crippen LogP contribution in [0.3, 0.4) is 0 Å². The first-order chi connectivity index (χ1) is 14.0. The Morgan fingerprint density at radius 1 is 1.17 bits per heavy atom. The standard InChI is InChI=1S/C20H23Br2N5O2/c1-12-8-17-18(24-25-27(17)15(11-29-3)5-7-28-2)20(23-12)26-6-4-13-9-14(21)10-16(22)19(13)26/h8-10,15H,4-7,11H2,1-3H3/t15-/m1/s1. The number of benzene rings is 1. The maximum atomic E-state index is 5.43. The van der Waals surface area contributed by atoms with E-state index in [4.69, 9.17) is 14.5 Å². The van der Waals surface area contributed by atoms with Crippen LogP contribution in [0.1, 0.15) is 23.7 Å². The van der Waals surface area contributed by atoms with Gasteiger partial charge in [-0.15, -0.1) is 5.10 Å². The molecule has 0 spiro atoms. The molecule has 0 saturated carbocycles. The molecule has 0 N–H and O–H groups in total. The summed E-state index contributed by atoms with van der Waals surface area (Å²) in [6, 6.07) is 6.33. The van der Waals surface area contributed by atoms with Crippen molar-refractivity contribution in [2.75, 3.05) is 38.9 Å². The molecule has 4 rings (SSSR count). The molecular weight excluding hydrogens is 502 g/mol. The van der Waals surface area contributed by atoms with Gasteiger partial charge in [-0.25, -0.2) is 9.67 Å². The normalized spacial score (nSPS) is 14.6. The molecule has 0 fully saturated rings. The minimum Gasteiger partial charge on any atom is -0.385 e. The van der Waals surface area contributed by atoms with Gasteiger partial charge in [-0.3, -0.25) is 0 Å². The number of aryl methyl sites for hydroxylation is 1. The molecular formula is C20H23Br2N5O2. The van der Waals surface area contributed by atoms with Crippen LogP contribution in [-0.4, -0.2) is 54.0 Å². The van der Waals surface area contributed by atoms with E-state index in [9.17, 15) is 0 Å². The highest BCUT2D eigenvalue weighted by atomic mass is 79.9. The Morgan fingerprint density at radius 3 is 2.76 bits per heavy atom. The lowest BCUT2D eigenvalue weighted by Gasteiger charge is -2.21. The quantitative estimate of drug-likeness (QED) is 0.450. The van der Waals surface area contributed by atoms with Crippen molar-refractivity contribution in [3.63, 3.8) is 0 Å². The van der Waals surface area contributed by atoms with E-state index in [0.29, 0.717) is 13.2 Å². The van der Waals surface area contributed by atoms with Crippen molar-refractivity contribution in [2.45, 2.75) is 25.8 Å². The summed E-state index contributed by atoms with van der Waals surface area (Å²) in [5.41, 5.74) is 5.13. The third-order valence-corrected chi connectivity index (χ3v) is 6.23. The predicted molar refractivity (Wildman–Crippen MR) is 120 cm³/mol. The highest BCUT2D eigenvalue weighted by molar-refractivity contribution is 9.11. The van der Waals surface area contributed by atoms with E-state index in [1.54, 1.807) is 14.2 Å². The second-order valence-corrected chi connectivity index (χ2v) is 8.95. The van der Waals surface area contributed by atoms with Crippen LogP contribution in [0.15, 0.2) is 27.1 Å². The number of pyridine rings is 1. The minimum atomic E-state index is 0.0492. The van der Waals surface area contributed by atoms with Gasteiger partial charge in [-0.05, 0) is 59.5 Å². The number of aromatic nitrogens is 4. The number of hydrogen-bond donors (Lipinski definition) is 0. The van der Waals surface area contributed by atoms with Crippen LogP contribution < -0.4 is 4.90 Å². The number of anilines is 2. The fourth-order valence-electron chi connectivity index (χ4n) is 3.89. The molecule has 29 heavy (non-hydrogen) atoms. The largest absolute Gasteiger partial charge is 0.385 e. The second kappa shape index (κ2) is 8.67. The van der Waals surface area contributed by atoms with Crippen LogP contribution in [0, 0.1) is 6.92 Å². The van der Waals surface area contributed by atoms with Crippen LogP contribution in [0.2, 0.25) is 0 Å². The summed E-state index contributed by atoms with van der Waals surface area (Å²) in [5.74, 6) is 0.843. The highest BCUT2D eigenvalue weighted by Gasteiger charge is 2.28. The van der Waals surface area contributed by atoms with Crippen molar-refractivity contribution >= 4 is 54.4 Å². The zero-order chi connectivity index (χ0) is 20.5. The number of methoxy groups -OCH3 is 2. The molecule has 1 atom stereocenters. The third-order valence-electron chi connectivity index (χ3n) is 5.17. The van der Waals surface area contributed by atoms with Gasteiger partial charge in [0.15, 0.2) is 11.3 Å². The Labute approximate surface area is 186 Å². The molecule has 0 saturated heterocycles. The number of ether oxygens (including phenoxy) is 2. The molecule has 1 aliphatic rings. The number of hydrogen-bond acceptors (Lipinski definition) is 6. The molecule has 7 nitrogen and oxygen atoms in total. The SMILES string of the molecule is COCC[C@H](COC)n1nnc2c(N3CCc4cc(Br)cc(Br)c43)nc(C)cc21. The molecule has 0 amide bonds. The first kappa shape index (κ1) is 20.7. The van der Waals surface area contributed by atoms with Gasteiger partial charge >= 0.3 is 0 Å². The topological polar surface area (TPSA) is 65.3 Å². The van der Waals surface area contributed by atoms with Crippen molar-refractivity contribution in [3.8, 4) is 0 Å². The summed E-state index contributed by atoms with van der Waals surface area (Å²) in [5, 5.41) is 9.00. The van der Waals surface area contributed by atoms with Crippen molar-refractivity contribution in [1.29, 1.82) is 0 Å². The first-order valence-corrected chi connectivity index (χ1v) is 11.1. The summed E-state index contributed by atoms with van der Waals surface area (Å²) in [6.45, 7) is 4.04. The molecule has 3 aromatic rings. The molecule has 1 aromatic carbocycles. The fourth-order valence-corrected chi connectivity index (χ4v) is 5.42. The Balaban J connectivity index is 1.81. The van der Waals surface area contributed by atoms with E-state index < -0.39 is 0 Å². The molecule has 154 valence electrons. The lowest BCUT2D eigenvalue weighted by atomic mass is 10.2. The zero-order valence-electron chi connectivity index (χ0n) is 16.7. The number of halogens is 2. The second-order valence-electron chi connectivity index (χ2n) is 7.18. The van der Waals surface area contributed by atoms with Crippen molar-refractivity contribution in [3.05, 3.63) is 38.4 Å². The maximum absolute atomic E-state index is 5.43. The molecule has 0 aliphatic carbocycles. The van der Waals surface area contributed by atoms with Crippen molar-refractivity contribution < 1.29 is 9.47 Å². The molecule has 3 heterocycles. The molecule has 1 aliphatic heterocycles. The smallest absolute Gasteiger partial charge is 0.163 e. The third kappa shape index (κ3) is 3.93. The lowest BCUT2D eigenvalue weighted by molar-refractivity contribution is 0.117. The summed E-state index contributed by atoms with van der Waals surface area (Å²) < 4.78 is 14.8. The highest BCUT2D eigenvalue weighted by Crippen LogP contribution is 2.43. The average molecular weight is 525 g/mol. The van der Waals surface area contributed by atoms with Gasteiger partial charge < -0.3 is 14.4 Å². The van der Waals surface area contributed by atoms with Gasteiger partial charge in [0.25, 0.3) is 0 Å². The summed E-state index contributed by atoms with van der Waals surface area (Å²) in [7, 11) is 3.41. The van der Waals surface area contributed by atoms with Gasteiger partial charge in [0.1, 0.15) is 0 Å². The molecule has 0 bridgehead atoms.